The lowest BCUT2D eigenvalue weighted by Crippen LogP contribution is -2.33. The molecule has 36 heavy (non-hydrogen) atoms. The molecule has 0 atom stereocenters. The van der Waals surface area contributed by atoms with Crippen molar-refractivity contribution in [1.82, 2.24) is 15.0 Å². The zero-order valence-electron chi connectivity index (χ0n) is 21.5. The Morgan fingerprint density at radius 1 is 1.03 bits per heavy atom. The molecular weight excluding hydrogens is 454 g/mol. The monoisotopic (exact) mass is 491 g/mol. The molecule has 1 aromatic heterocycles. The molecule has 192 valence electrons. The van der Waals surface area contributed by atoms with Gasteiger partial charge < -0.3 is 23.6 Å². The number of aryl methyl sites for hydroxylation is 1. The van der Waals surface area contributed by atoms with E-state index in [2.05, 4.69) is 53.3 Å². The molecule has 3 heterocycles. The minimum atomic E-state index is 0.330. The van der Waals surface area contributed by atoms with Crippen LogP contribution < -0.4 is 14.2 Å². The molecule has 0 radical (unpaired) electrons. The van der Waals surface area contributed by atoms with Crippen molar-refractivity contribution in [2.45, 2.75) is 51.6 Å². The van der Waals surface area contributed by atoms with Crippen LogP contribution in [0.4, 0.5) is 0 Å². The summed E-state index contributed by atoms with van der Waals surface area (Å²) in [6.45, 7) is 5.07. The quantitative estimate of drug-likeness (QED) is 0.384. The Labute approximate surface area is 213 Å². The molecule has 0 bridgehead atoms. The molecule has 1 saturated carbocycles. The lowest BCUT2D eigenvalue weighted by atomic mass is 9.91. The number of rotatable bonds is 10. The van der Waals surface area contributed by atoms with E-state index in [1.165, 1.54) is 31.2 Å². The van der Waals surface area contributed by atoms with Crippen molar-refractivity contribution in [2.75, 3.05) is 40.6 Å². The van der Waals surface area contributed by atoms with Crippen LogP contribution in [0, 0.1) is 11.8 Å². The van der Waals surface area contributed by atoms with Crippen LogP contribution in [-0.4, -0.2) is 55.5 Å². The highest BCUT2D eigenvalue weighted by Gasteiger charge is 2.25. The molecule has 3 aromatic rings. The van der Waals surface area contributed by atoms with Crippen molar-refractivity contribution < 1.29 is 18.7 Å². The predicted molar refractivity (Wildman–Crippen MR) is 139 cm³/mol. The molecule has 0 amide bonds. The van der Waals surface area contributed by atoms with E-state index >= 15 is 0 Å². The molecule has 7 nitrogen and oxygen atoms in total. The first-order valence-electron chi connectivity index (χ1n) is 13.4. The predicted octanol–water partition coefficient (Wildman–Crippen LogP) is 5.25. The third kappa shape index (κ3) is 5.18. The molecule has 7 heteroatoms. The number of fused-ring (bicyclic) bond motifs is 2. The Morgan fingerprint density at radius 2 is 1.89 bits per heavy atom. The van der Waals surface area contributed by atoms with Gasteiger partial charge in [0.05, 0.1) is 17.9 Å². The Hall–Kier alpha value is -2.77. The summed E-state index contributed by atoms with van der Waals surface area (Å²) in [5.41, 5.74) is 4.32. The van der Waals surface area contributed by atoms with Gasteiger partial charge in [0, 0.05) is 24.0 Å². The molecule has 2 aromatic carbocycles. The van der Waals surface area contributed by atoms with Crippen LogP contribution in [0.5, 0.6) is 17.2 Å². The van der Waals surface area contributed by atoms with Crippen molar-refractivity contribution in [3.8, 4) is 17.2 Å². The molecule has 0 unspecified atom stereocenters. The Kier molecular flexibility index (Phi) is 6.76. The topological polar surface area (TPSA) is 60.2 Å². The number of hydrogen-bond acceptors (Lipinski definition) is 7. The van der Waals surface area contributed by atoms with Crippen molar-refractivity contribution in [1.29, 1.82) is 0 Å². The fourth-order valence-electron chi connectivity index (χ4n) is 5.49. The molecule has 1 aliphatic carbocycles. The SMILES string of the molecule is CN(C)Cc1c(OCC2CC2)ccc2c(CCC3CCN(Cc4cccc5c4OCO5)CC3)noc12. The van der Waals surface area contributed by atoms with Crippen LogP contribution in [-0.2, 0) is 19.5 Å². The second kappa shape index (κ2) is 10.3. The highest BCUT2D eigenvalue weighted by molar-refractivity contribution is 5.84. The van der Waals surface area contributed by atoms with E-state index in [0.29, 0.717) is 6.79 Å². The average Bonchev–Trinajstić information content (AvgIpc) is 3.41. The maximum absolute atomic E-state index is 6.18. The minimum absolute atomic E-state index is 0.330. The van der Waals surface area contributed by atoms with Crippen LogP contribution in [0.1, 0.15) is 48.9 Å². The van der Waals surface area contributed by atoms with Gasteiger partial charge in [-0.25, -0.2) is 0 Å². The van der Waals surface area contributed by atoms with Crippen molar-refractivity contribution in [2.24, 2.45) is 11.8 Å². The number of aromatic nitrogens is 1. The van der Waals surface area contributed by atoms with Gasteiger partial charge in [-0.3, -0.25) is 4.90 Å². The number of piperidine rings is 1. The molecule has 6 rings (SSSR count). The van der Waals surface area contributed by atoms with Crippen LogP contribution in [0.15, 0.2) is 34.9 Å². The summed E-state index contributed by atoms with van der Waals surface area (Å²) in [7, 11) is 4.16. The molecule has 0 N–H and O–H groups in total. The molecule has 2 fully saturated rings. The van der Waals surface area contributed by atoms with E-state index in [1.54, 1.807) is 0 Å². The summed E-state index contributed by atoms with van der Waals surface area (Å²) >= 11 is 0. The zero-order chi connectivity index (χ0) is 24.5. The number of hydrogen-bond donors (Lipinski definition) is 0. The summed E-state index contributed by atoms with van der Waals surface area (Å²) in [6.07, 6.45) is 7.11. The number of para-hydroxylation sites is 1. The summed E-state index contributed by atoms with van der Waals surface area (Å²) < 4.78 is 23.3. The van der Waals surface area contributed by atoms with Gasteiger partial charge in [-0.05, 0) is 95.7 Å². The first-order valence-corrected chi connectivity index (χ1v) is 13.4. The first kappa shape index (κ1) is 23.6. The standard InChI is InChI=1S/C29H37N3O4/c1-31(2)17-24-26(33-18-21-6-7-21)11-9-23-25(30-36-29(23)24)10-8-20-12-14-32(15-13-20)16-22-4-3-5-27-28(22)35-19-34-27/h3-5,9,11,20-21H,6-8,10,12-19H2,1-2H3. The van der Waals surface area contributed by atoms with Crippen LogP contribution in [0.25, 0.3) is 11.0 Å². The van der Waals surface area contributed by atoms with E-state index < -0.39 is 0 Å². The number of nitrogens with zero attached hydrogens (tertiary/aromatic N) is 3. The molecular formula is C29H37N3O4. The van der Waals surface area contributed by atoms with E-state index in [1.807, 2.05) is 6.07 Å². The number of benzene rings is 2. The summed E-state index contributed by atoms with van der Waals surface area (Å²) in [6, 6.07) is 10.5. The van der Waals surface area contributed by atoms with Gasteiger partial charge in [0.1, 0.15) is 5.75 Å². The van der Waals surface area contributed by atoms with Crippen molar-refractivity contribution in [3.05, 3.63) is 47.2 Å². The molecule has 0 spiro atoms. The normalized spacial score (nSPS) is 18.4. The third-order valence-electron chi connectivity index (χ3n) is 7.79. The van der Waals surface area contributed by atoms with Gasteiger partial charge in [0.15, 0.2) is 17.1 Å². The Morgan fingerprint density at radius 3 is 2.69 bits per heavy atom. The second-order valence-corrected chi connectivity index (χ2v) is 10.9. The highest BCUT2D eigenvalue weighted by atomic mass is 16.7. The van der Waals surface area contributed by atoms with Gasteiger partial charge in [-0.1, -0.05) is 17.3 Å². The Bertz CT molecular complexity index is 1190. The summed E-state index contributed by atoms with van der Waals surface area (Å²) in [5, 5.41) is 5.66. The maximum atomic E-state index is 6.18. The van der Waals surface area contributed by atoms with Gasteiger partial charge in [-0.2, -0.15) is 0 Å². The molecule has 2 aliphatic heterocycles. The Balaban J connectivity index is 1.06. The minimum Gasteiger partial charge on any atom is -0.493 e. The summed E-state index contributed by atoms with van der Waals surface area (Å²) in [4.78, 5) is 4.70. The largest absolute Gasteiger partial charge is 0.493 e. The van der Waals surface area contributed by atoms with E-state index in [-0.39, 0.29) is 0 Å². The zero-order valence-corrected chi connectivity index (χ0v) is 21.5. The fourth-order valence-corrected chi connectivity index (χ4v) is 5.49. The van der Waals surface area contributed by atoms with E-state index in [4.69, 9.17) is 18.7 Å². The van der Waals surface area contributed by atoms with Crippen LogP contribution >= 0.6 is 0 Å². The van der Waals surface area contributed by atoms with Gasteiger partial charge in [0.2, 0.25) is 6.79 Å². The first-order chi connectivity index (χ1) is 17.6. The lowest BCUT2D eigenvalue weighted by Gasteiger charge is -2.32. The van der Waals surface area contributed by atoms with E-state index in [9.17, 15) is 0 Å². The second-order valence-electron chi connectivity index (χ2n) is 10.9. The van der Waals surface area contributed by atoms with Gasteiger partial charge in [-0.15, -0.1) is 0 Å². The average molecular weight is 492 g/mol. The smallest absolute Gasteiger partial charge is 0.231 e. The molecule has 1 saturated heterocycles. The van der Waals surface area contributed by atoms with Crippen LogP contribution in [0.3, 0.4) is 0 Å². The van der Waals surface area contributed by atoms with Crippen molar-refractivity contribution in [3.63, 3.8) is 0 Å². The van der Waals surface area contributed by atoms with Crippen molar-refractivity contribution >= 4 is 11.0 Å². The van der Waals surface area contributed by atoms with Crippen LogP contribution in [0.2, 0.25) is 0 Å². The van der Waals surface area contributed by atoms with Gasteiger partial charge in [0.25, 0.3) is 0 Å². The van der Waals surface area contributed by atoms with Gasteiger partial charge >= 0.3 is 0 Å². The lowest BCUT2D eigenvalue weighted by molar-refractivity contribution is 0.162. The third-order valence-corrected chi connectivity index (χ3v) is 7.79. The number of likely N-dealkylation sites (tertiary alicyclic amines) is 1. The fraction of sp³-hybridized carbons (Fsp3) is 0.552. The molecule has 3 aliphatic rings. The number of ether oxygens (including phenoxy) is 3. The summed E-state index contributed by atoms with van der Waals surface area (Å²) in [5.74, 6) is 4.18. The van der Waals surface area contributed by atoms with E-state index in [0.717, 1.165) is 96.9 Å². The maximum Gasteiger partial charge on any atom is 0.231 e. The highest BCUT2D eigenvalue weighted by Crippen LogP contribution is 2.37.